The number of methoxy groups -OCH3 is 1. The predicted octanol–water partition coefficient (Wildman–Crippen LogP) is 1.57. The normalized spacial score (nSPS) is 29.6. The van der Waals surface area contributed by atoms with Crippen molar-refractivity contribution in [2.75, 3.05) is 20.2 Å². The summed E-state index contributed by atoms with van der Waals surface area (Å²) < 4.78 is 4.99. The Labute approximate surface area is 108 Å². The molecule has 3 nitrogen and oxygen atoms in total. The number of ether oxygens (including phenoxy) is 1. The fourth-order valence-electron chi connectivity index (χ4n) is 3.62. The van der Waals surface area contributed by atoms with Gasteiger partial charge in [-0.15, -0.1) is 0 Å². The van der Waals surface area contributed by atoms with E-state index in [0.717, 1.165) is 25.9 Å². The molecule has 0 bridgehead atoms. The van der Waals surface area contributed by atoms with Crippen molar-refractivity contribution in [2.24, 2.45) is 5.92 Å². The van der Waals surface area contributed by atoms with Crippen molar-refractivity contribution < 1.29 is 9.53 Å². The van der Waals surface area contributed by atoms with Crippen LogP contribution in [0.3, 0.4) is 0 Å². The lowest BCUT2D eigenvalue weighted by molar-refractivity contribution is -0.146. The summed E-state index contributed by atoms with van der Waals surface area (Å²) in [5.41, 5.74) is 4.00. The molecule has 1 fully saturated rings. The molecule has 1 heterocycles. The molecular weight excluding hydrogens is 226 g/mol. The Morgan fingerprint density at radius 2 is 2.33 bits per heavy atom. The van der Waals surface area contributed by atoms with Gasteiger partial charge in [-0.2, -0.15) is 0 Å². The Kier molecular flexibility index (Phi) is 2.67. The number of aryl methyl sites for hydroxylation is 2. The van der Waals surface area contributed by atoms with Gasteiger partial charge in [-0.05, 0) is 30.9 Å². The molecule has 1 aliphatic heterocycles. The second-order valence-corrected chi connectivity index (χ2v) is 5.52. The number of hydrogen-bond donors (Lipinski definition) is 1. The number of carbonyl (C=O) groups excluding carboxylic acids is 1. The summed E-state index contributed by atoms with van der Waals surface area (Å²) in [5.74, 6) is -0.111. The molecule has 18 heavy (non-hydrogen) atoms. The van der Waals surface area contributed by atoms with Gasteiger partial charge in [-0.1, -0.05) is 23.8 Å². The van der Waals surface area contributed by atoms with E-state index in [9.17, 15) is 4.79 Å². The standard InChI is InChI=1S/C15H19NO2/c1-10-3-4-11-5-6-15(12(11)7-10)9-16-8-13(15)14(17)18-2/h3-4,7,13,16H,5-6,8-9H2,1-2H3. The van der Waals surface area contributed by atoms with Gasteiger partial charge in [0.25, 0.3) is 0 Å². The van der Waals surface area contributed by atoms with Gasteiger partial charge in [0.1, 0.15) is 0 Å². The van der Waals surface area contributed by atoms with Crippen molar-refractivity contribution in [3.05, 3.63) is 34.9 Å². The van der Waals surface area contributed by atoms with Crippen molar-refractivity contribution >= 4 is 5.97 Å². The third-order valence-corrected chi connectivity index (χ3v) is 4.58. The van der Waals surface area contributed by atoms with E-state index in [0.29, 0.717) is 0 Å². The number of nitrogens with one attached hydrogen (secondary N) is 1. The van der Waals surface area contributed by atoms with Crippen molar-refractivity contribution in [1.82, 2.24) is 5.32 Å². The second kappa shape index (κ2) is 4.09. The zero-order valence-electron chi connectivity index (χ0n) is 11.0. The lowest BCUT2D eigenvalue weighted by Crippen LogP contribution is -2.37. The van der Waals surface area contributed by atoms with E-state index in [1.807, 2.05) is 0 Å². The lowest BCUT2D eigenvalue weighted by Gasteiger charge is -2.29. The van der Waals surface area contributed by atoms with Crippen molar-refractivity contribution in [1.29, 1.82) is 0 Å². The fourth-order valence-corrected chi connectivity index (χ4v) is 3.62. The molecule has 1 saturated heterocycles. The highest BCUT2D eigenvalue weighted by atomic mass is 16.5. The quantitative estimate of drug-likeness (QED) is 0.763. The van der Waals surface area contributed by atoms with Crippen molar-refractivity contribution in [3.63, 3.8) is 0 Å². The highest BCUT2D eigenvalue weighted by Crippen LogP contribution is 2.47. The van der Waals surface area contributed by atoms with Gasteiger partial charge in [0, 0.05) is 18.5 Å². The Bertz CT molecular complexity index is 497. The van der Waals surface area contributed by atoms with Gasteiger partial charge in [-0.3, -0.25) is 4.79 Å². The summed E-state index contributed by atoms with van der Waals surface area (Å²) in [6.45, 7) is 3.74. The van der Waals surface area contributed by atoms with Gasteiger partial charge in [-0.25, -0.2) is 0 Å². The first-order valence-corrected chi connectivity index (χ1v) is 6.56. The topological polar surface area (TPSA) is 38.3 Å². The first-order valence-electron chi connectivity index (χ1n) is 6.56. The molecule has 1 spiro atoms. The summed E-state index contributed by atoms with van der Waals surface area (Å²) in [5, 5.41) is 3.38. The summed E-state index contributed by atoms with van der Waals surface area (Å²) in [6.07, 6.45) is 2.13. The van der Waals surface area contributed by atoms with E-state index in [4.69, 9.17) is 4.74 Å². The van der Waals surface area contributed by atoms with E-state index in [1.165, 1.54) is 23.8 Å². The largest absolute Gasteiger partial charge is 0.469 e. The van der Waals surface area contributed by atoms with Gasteiger partial charge in [0.2, 0.25) is 0 Å². The van der Waals surface area contributed by atoms with Gasteiger partial charge in [0.05, 0.1) is 13.0 Å². The molecule has 1 aromatic rings. The van der Waals surface area contributed by atoms with E-state index >= 15 is 0 Å². The summed E-state index contributed by atoms with van der Waals surface area (Å²) in [7, 11) is 1.49. The van der Waals surface area contributed by atoms with Crippen LogP contribution in [-0.4, -0.2) is 26.2 Å². The molecule has 1 aromatic carbocycles. The van der Waals surface area contributed by atoms with Crippen LogP contribution in [0.15, 0.2) is 18.2 Å². The number of fused-ring (bicyclic) bond motifs is 2. The summed E-state index contributed by atoms with van der Waals surface area (Å²) in [6, 6.07) is 6.63. The highest BCUT2D eigenvalue weighted by Gasteiger charge is 2.51. The highest BCUT2D eigenvalue weighted by molar-refractivity contribution is 5.76. The van der Waals surface area contributed by atoms with E-state index in [1.54, 1.807) is 0 Å². The first kappa shape index (κ1) is 11.7. The van der Waals surface area contributed by atoms with E-state index in [-0.39, 0.29) is 17.3 Å². The molecule has 1 aliphatic carbocycles. The maximum Gasteiger partial charge on any atom is 0.310 e. The summed E-state index contributed by atoms with van der Waals surface area (Å²) in [4.78, 5) is 12.0. The van der Waals surface area contributed by atoms with Crippen LogP contribution in [0.1, 0.15) is 23.1 Å². The minimum Gasteiger partial charge on any atom is -0.469 e. The van der Waals surface area contributed by atoms with Gasteiger partial charge < -0.3 is 10.1 Å². The monoisotopic (exact) mass is 245 g/mol. The fraction of sp³-hybridized carbons (Fsp3) is 0.533. The first-order chi connectivity index (χ1) is 8.67. The molecule has 3 rings (SSSR count). The van der Waals surface area contributed by atoms with Gasteiger partial charge >= 0.3 is 5.97 Å². The molecule has 2 unspecified atom stereocenters. The zero-order valence-corrected chi connectivity index (χ0v) is 11.0. The average Bonchev–Trinajstić information content (AvgIpc) is 2.95. The molecule has 3 heteroatoms. The molecule has 0 radical (unpaired) electrons. The van der Waals surface area contributed by atoms with Gasteiger partial charge in [0.15, 0.2) is 0 Å². The van der Waals surface area contributed by atoms with E-state index in [2.05, 4.69) is 30.4 Å². The Morgan fingerprint density at radius 1 is 1.50 bits per heavy atom. The Hall–Kier alpha value is -1.35. The van der Waals surface area contributed by atoms with Crippen molar-refractivity contribution in [3.8, 4) is 0 Å². The van der Waals surface area contributed by atoms with Crippen LogP contribution in [0.5, 0.6) is 0 Å². The minimum atomic E-state index is -0.0747. The number of rotatable bonds is 1. The number of esters is 1. The van der Waals surface area contributed by atoms with Crippen LogP contribution in [-0.2, 0) is 21.4 Å². The smallest absolute Gasteiger partial charge is 0.310 e. The predicted molar refractivity (Wildman–Crippen MR) is 69.6 cm³/mol. The Balaban J connectivity index is 2.07. The third kappa shape index (κ3) is 1.50. The molecule has 2 atom stereocenters. The van der Waals surface area contributed by atoms with Crippen LogP contribution in [0.4, 0.5) is 0 Å². The number of benzene rings is 1. The number of carbonyl (C=O) groups is 1. The Morgan fingerprint density at radius 3 is 3.11 bits per heavy atom. The second-order valence-electron chi connectivity index (χ2n) is 5.52. The summed E-state index contributed by atoms with van der Waals surface area (Å²) >= 11 is 0. The molecule has 2 aliphatic rings. The van der Waals surface area contributed by atoms with Crippen LogP contribution < -0.4 is 5.32 Å². The minimum absolute atomic E-state index is 0.0333. The lowest BCUT2D eigenvalue weighted by atomic mass is 9.73. The molecule has 1 N–H and O–H groups in total. The molecular formula is C15H19NO2. The van der Waals surface area contributed by atoms with Crippen LogP contribution in [0.25, 0.3) is 0 Å². The maximum absolute atomic E-state index is 12.0. The molecule has 96 valence electrons. The van der Waals surface area contributed by atoms with Crippen LogP contribution in [0.2, 0.25) is 0 Å². The SMILES string of the molecule is COC(=O)C1CNCC12CCc1ccc(C)cc12. The zero-order chi connectivity index (χ0) is 12.8. The molecule has 0 amide bonds. The molecule has 0 saturated carbocycles. The van der Waals surface area contributed by atoms with E-state index < -0.39 is 0 Å². The van der Waals surface area contributed by atoms with Crippen molar-refractivity contribution in [2.45, 2.75) is 25.2 Å². The van der Waals surface area contributed by atoms with Crippen LogP contribution in [0, 0.1) is 12.8 Å². The molecule has 0 aromatic heterocycles. The maximum atomic E-state index is 12.0. The number of hydrogen-bond acceptors (Lipinski definition) is 3. The van der Waals surface area contributed by atoms with Crippen LogP contribution >= 0.6 is 0 Å². The third-order valence-electron chi connectivity index (χ3n) is 4.58. The average molecular weight is 245 g/mol.